The summed E-state index contributed by atoms with van der Waals surface area (Å²) in [6.07, 6.45) is 7.11. The van der Waals surface area contributed by atoms with E-state index in [-0.39, 0.29) is 5.92 Å². The number of carbonyl (C=O) groups excluding carboxylic acids is 1. The largest absolute Gasteiger partial charge is 0.294 e. The third-order valence-corrected chi connectivity index (χ3v) is 4.81. The summed E-state index contributed by atoms with van der Waals surface area (Å²) in [5, 5.41) is 0. The second-order valence-corrected chi connectivity index (χ2v) is 6.24. The number of benzene rings is 1. The number of carbonyl (C=O) groups is 1. The molecule has 98 valence electrons. The first-order chi connectivity index (χ1) is 8.81. The van der Waals surface area contributed by atoms with Crippen molar-refractivity contribution >= 4 is 17.5 Å². The Morgan fingerprint density at radius 2 is 1.83 bits per heavy atom. The topological polar surface area (TPSA) is 17.1 Å². The number of hydrogen-bond donors (Lipinski definition) is 0. The van der Waals surface area contributed by atoms with Gasteiger partial charge in [-0.1, -0.05) is 38.3 Å². The first-order valence-electron chi connectivity index (χ1n) is 7.08. The Morgan fingerprint density at radius 3 is 2.44 bits per heavy atom. The Labute approximate surface area is 114 Å². The van der Waals surface area contributed by atoms with E-state index in [0.717, 1.165) is 24.2 Å². The predicted octanol–water partition coefficient (Wildman–Crippen LogP) is 4.95. The molecule has 18 heavy (non-hydrogen) atoms. The molecule has 1 fully saturated rings. The van der Waals surface area contributed by atoms with Gasteiger partial charge < -0.3 is 0 Å². The molecule has 0 aliphatic heterocycles. The SMILES string of the molecule is CCCSc1ccc(C(=O)C2CCCCC2)cc1. The normalized spacial score (nSPS) is 16.7. The molecule has 0 radical (unpaired) electrons. The first kappa shape index (κ1) is 13.7. The highest BCUT2D eigenvalue weighted by atomic mass is 32.2. The molecule has 0 heterocycles. The van der Waals surface area contributed by atoms with Gasteiger partial charge in [-0.2, -0.15) is 0 Å². The van der Waals surface area contributed by atoms with Crippen LogP contribution in [0.25, 0.3) is 0 Å². The van der Waals surface area contributed by atoms with E-state index in [1.54, 1.807) is 0 Å². The van der Waals surface area contributed by atoms with Crippen LogP contribution >= 0.6 is 11.8 Å². The van der Waals surface area contributed by atoms with Crippen LogP contribution < -0.4 is 0 Å². The molecule has 0 N–H and O–H groups in total. The van der Waals surface area contributed by atoms with E-state index in [0.29, 0.717) is 5.78 Å². The zero-order chi connectivity index (χ0) is 12.8. The van der Waals surface area contributed by atoms with Crippen molar-refractivity contribution in [3.8, 4) is 0 Å². The third kappa shape index (κ3) is 3.61. The average molecular weight is 262 g/mol. The number of rotatable bonds is 5. The van der Waals surface area contributed by atoms with E-state index in [1.165, 1.54) is 30.6 Å². The van der Waals surface area contributed by atoms with Crippen molar-refractivity contribution in [2.45, 2.75) is 50.3 Å². The Balaban J connectivity index is 1.97. The minimum Gasteiger partial charge on any atom is -0.294 e. The highest BCUT2D eigenvalue weighted by molar-refractivity contribution is 7.99. The summed E-state index contributed by atoms with van der Waals surface area (Å²) in [5.74, 6) is 1.80. The van der Waals surface area contributed by atoms with Crippen molar-refractivity contribution in [2.24, 2.45) is 5.92 Å². The summed E-state index contributed by atoms with van der Waals surface area (Å²) in [4.78, 5) is 13.6. The summed E-state index contributed by atoms with van der Waals surface area (Å²) in [7, 11) is 0. The second-order valence-electron chi connectivity index (χ2n) is 5.07. The van der Waals surface area contributed by atoms with Crippen LogP contribution in [0.2, 0.25) is 0 Å². The highest BCUT2D eigenvalue weighted by Crippen LogP contribution is 2.27. The second kappa shape index (κ2) is 6.98. The van der Waals surface area contributed by atoms with Gasteiger partial charge in [-0.15, -0.1) is 11.8 Å². The minimum atomic E-state index is 0.285. The smallest absolute Gasteiger partial charge is 0.165 e. The van der Waals surface area contributed by atoms with Crippen LogP contribution in [0.4, 0.5) is 0 Å². The molecule has 2 rings (SSSR count). The highest BCUT2D eigenvalue weighted by Gasteiger charge is 2.21. The zero-order valence-corrected chi connectivity index (χ0v) is 12.0. The molecule has 0 unspecified atom stereocenters. The molecule has 0 saturated heterocycles. The van der Waals surface area contributed by atoms with Gasteiger partial charge >= 0.3 is 0 Å². The lowest BCUT2D eigenvalue weighted by Gasteiger charge is -2.20. The molecule has 0 spiro atoms. The Hall–Kier alpha value is -0.760. The van der Waals surface area contributed by atoms with E-state index in [4.69, 9.17) is 0 Å². The number of thioether (sulfide) groups is 1. The van der Waals surface area contributed by atoms with Gasteiger partial charge in [-0.05, 0) is 37.1 Å². The van der Waals surface area contributed by atoms with Crippen molar-refractivity contribution in [3.63, 3.8) is 0 Å². The number of ketones is 1. The van der Waals surface area contributed by atoms with E-state index in [2.05, 4.69) is 19.1 Å². The van der Waals surface area contributed by atoms with E-state index in [9.17, 15) is 4.79 Å². The van der Waals surface area contributed by atoms with Gasteiger partial charge in [0.2, 0.25) is 0 Å². The van der Waals surface area contributed by atoms with Gasteiger partial charge in [0.15, 0.2) is 5.78 Å². The lowest BCUT2D eigenvalue weighted by atomic mass is 9.84. The monoisotopic (exact) mass is 262 g/mol. The lowest BCUT2D eigenvalue weighted by Crippen LogP contribution is -2.17. The van der Waals surface area contributed by atoms with E-state index in [1.807, 2.05) is 23.9 Å². The number of Topliss-reactive ketones (excluding diaryl/α,β-unsaturated/α-hetero) is 1. The summed E-state index contributed by atoms with van der Waals surface area (Å²) in [5.41, 5.74) is 0.905. The summed E-state index contributed by atoms with van der Waals surface area (Å²) in [6.45, 7) is 2.19. The van der Waals surface area contributed by atoms with Crippen LogP contribution in [0, 0.1) is 5.92 Å². The Kier molecular flexibility index (Phi) is 5.30. The van der Waals surface area contributed by atoms with Crippen LogP contribution in [0.3, 0.4) is 0 Å². The Morgan fingerprint density at radius 1 is 1.17 bits per heavy atom. The fourth-order valence-electron chi connectivity index (χ4n) is 2.54. The molecule has 1 nitrogen and oxygen atoms in total. The van der Waals surface area contributed by atoms with Crippen molar-refractivity contribution < 1.29 is 4.79 Å². The molecule has 1 saturated carbocycles. The Bertz CT molecular complexity index is 377. The van der Waals surface area contributed by atoms with Gasteiger partial charge in [-0.3, -0.25) is 4.79 Å². The molecular weight excluding hydrogens is 240 g/mol. The van der Waals surface area contributed by atoms with E-state index < -0.39 is 0 Å². The molecule has 0 aromatic heterocycles. The zero-order valence-electron chi connectivity index (χ0n) is 11.2. The van der Waals surface area contributed by atoms with Crippen LogP contribution in [0.1, 0.15) is 55.8 Å². The summed E-state index contributed by atoms with van der Waals surface area (Å²) in [6, 6.07) is 8.20. The summed E-state index contributed by atoms with van der Waals surface area (Å²) >= 11 is 1.87. The van der Waals surface area contributed by atoms with Crippen molar-refractivity contribution in [1.29, 1.82) is 0 Å². The van der Waals surface area contributed by atoms with Crippen molar-refractivity contribution in [3.05, 3.63) is 29.8 Å². The van der Waals surface area contributed by atoms with Crippen LogP contribution in [-0.2, 0) is 0 Å². The quantitative estimate of drug-likeness (QED) is 0.551. The molecule has 1 aromatic rings. The molecule has 1 aliphatic rings. The van der Waals surface area contributed by atoms with E-state index >= 15 is 0 Å². The predicted molar refractivity (Wildman–Crippen MR) is 78.4 cm³/mol. The molecule has 0 amide bonds. The maximum absolute atomic E-state index is 12.3. The summed E-state index contributed by atoms with van der Waals surface area (Å²) < 4.78 is 0. The van der Waals surface area contributed by atoms with Crippen molar-refractivity contribution in [2.75, 3.05) is 5.75 Å². The van der Waals surface area contributed by atoms with Gasteiger partial charge in [0.05, 0.1) is 0 Å². The van der Waals surface area contributed by atoms with Gasteiger partial charge in [-0.25, -0.2) is 0 Å². The molecule has 1 aliphatic carbocycles. The molecule has 0 atom stereocenters. The maximum Gasteiger partial charge on any atom is 0.165 e. The van der Waals surface area contributed by atoms with Gasteiger partial charge in [0, 0.05) is 16.4 Å². The van der Waals surface area contributed by atoms with Gasteiger partial charge in [0.1, 0.15) is 0 Å². The molecular formula is C16H22OS. The third-order valence-electron chi connectivity index (χ3n) is 3.59. The molecule has 2 heteroatoms. The number of hydrogen-bond acceptors (Lipinski definition) is 2. The fraction of sp³-hybridized carbons (Fsp3) is 0.562. The standard InChI is InChI=1S/C16H22OS/c1-2-12-18-15-10-8-14(9-11-15)16(17)13-6-4-3-5-7-13/h8-11,13H,2-7,12H2,1H3. The minimum absolute atomic E-state index is 0.285. The van der Waals surface area contributed by atoms with Gasteiger partial charge in [0.25, 0.3) is 0 Å². The molecule has 1 aromatic carbocycles. The average Bonchev–Trinajstić information content (AvgIpc) is 2.46. The molecule has 0 bridgehead atoms. The van der Waals surface area contributed by atoms with Crippen LogP contribution in [0.5, 0.6) is 0 Å². The maximum atomic E-state index is 12.3. The lowest BCUT2D eigenvalue weighted by molar-refractivity contribution is 0.0889. The van der Waals surface area contributed by atoms with Crippen LogP contribution in [-0.4, -0.2) is 11.5 Å². The van der Waals surface area contributed by atoms with Crippen LogP contribution in [0.15, 0.2) is 29.2 Å². The first-order valence-corrected chi connectivity index (χ1v) is 8.07. The fourth-order valence-corrected chi connectivity index (χ4v) is 3.30. The van der Waals surface area contributed by atoms with Crippen molar-refractivity contribution in [1.82, 2.24) is 0 Å².